The Bertz CT molecular complexity index is 106. The van der Waals surface area contributed by atoms with Crippen LogP contribution in [0.5, 0.6) is 0 Å². The second kappa shape index (κ2) is 2.89. The van der Waals surface area contributed by atoms with Gasteiger partial charge in [0.15, 0.2) is 0 Å². The SMILES string of the molecule is CCC(C)(O)[C@@H]1CCCN1. The molecule has 0 aromatic rings. The maximum absolute atomic E-state index is 9.76. The average Bonchev–Trinajstić information content (AvgIpc) is 2.38. The standard InChI is InChI=1S/C8H17NO/c1-3-8(2,10)7-5-4-6-9-7/h7,9-10H,3-6H2,1-2H3/t7-,8?/m0/s1. The third-order valence-electron chi connectivity index (χ3n) is 2.53. The zero-order valence-electron chi connectivity index (χ0n) is 6.85. The molecule has 0 bridgehead atoms. The predicted molar refractivity (Wildman–Crippen MR) is 41.9 cm³/mol. The van der Waals surface area contributed by atoms with Gasteiger partial charge in [-0.1, -0.05) is 6.92 Å². The van der Waals surface area contributed by atoms with Gasteiger partial charge in [0.05, 0.1) is 5.60 Å². The van der Waals surface area contributed by atoms with Crippen LogP contribution in [0.1, 0.15) is 33.1 Å². The molecule has 1 fully saturated rings. The molecule has 60 valence electrons. The van der Waals surface area contributed by atoms with Gasteiger partial charge in [-0.25, -0.2) is 0 Å². The summed E-state index contributed by atoms with van der Waals surface area (Å²) in [5.74, 6) is 0. The van der Waals surface area contributed by atoms with Crippen molar-refractivity contribution in [2.75, 3.05) is 6.54 Å². The summed E-state index contributed by atoms with van der Waals surface area (Å²) in [7, 11) is 0. The lowest BCUT2D eigenvalue weighted by Crippen LogP contribution is -2.44. The largest absolute Gasteiger partial charge is 0.389 e. The molecular formula is C8H17NO. The summed E-state index contributed by atoms with van der Waals surface area (Å²) >= 11 is 0. The summed E-state index contributed by atoms with van der Waals surface area (Å²) in [6, 6.07) is 0.331. The molecule has 0 amide bonds. The number of rotatable bonds is 2. The monoisotopic (exact) mass is 143 g/mol. The third-order valence-corrected chi connectivity index (χ3v) is 2.53. The molecule has 1 heterocycles. The van der Waals surface area contributed by atoms with Crippen LogP contribution >= 0.6 is 0 Å². The Morgan fingerprint density at radius 2 is 2.40 bits per heavy atom. The molecule has 10 heavy (non-hydrogen) atoms. The summed E-state index contributed by atoms with van der Waals surface area (Å²) in [4.78, 5) is 0. The molecule has 2 N–H and O–H groups in total. The lowest BCUT2D eigenvalue weighted by molar-refractivity contribution is 0.0222. The van der Waals surface area contributed by atoms with Gasteiger partial charge in [-0.2, -0.15) is 0 Å². The van der Waals surface area contributed by atoms with Crippen LogP contribution in [-0.2, 0) is 0 Å². The molecule has 0 saturated carbocycles. The molecule has 0 aromatic heterocycles. The molecule has 1 rings (SSSR count). The van der Waals surface area contributed by atoms with Crippen LogP contribution in [0.15, 0.2) is 0 Å². The highest BCUT2D eigenvalue weighted by atomic mass is 16.3. The van der Waals surface area contributed by atoms with E-state index in [1.165, 1.54) is 6.42 Å². The highest BCUT2D eigenvalue weighted by Crippen LogP contribution is 2.21. The Kier molecular flexibility index (Phi) is 2.32. The van der Waals surface area contributed by atoms with E-state index in [1.807, 2.05) is 13.8 Å². The molecule has 2 nitrogen and oxygen atoms in total. The quantitative estimate of drug-likeness (QED) is 0.602. The molecule has 1 aliphatic heterocycles. The zero-order chi connectivity index (χ0) is 7.61. The first-order chi connectivity index (χ1) is 4.67. The Hall–Kier alpha value is -0.0800. The van der Waals surface area contributed by atoms with Gasteiger partial charge in [-0.05, 0) is 32.7 Å². The maximum Gasteiger partial charge on any atom is 0.0769 e. The molecule has 0 aromatic carbocycles. The normalized spacial score (nSPS) is 32.1. The fraction of sp³-hybridized carbons (Fsp3) is 1.00. The molecule has 1 saturated heterocycles. The van der Waals surface area contributed by atoms with Crippen molar-refractivity contribution in [3.63, 3.8) is 0 Å². The molecule has 0 aliphatic carbocycles. The molecule has 0 spiro atoms. The van der Waals surface area contributed by atoms with E-state index in [0.717, 1.165) is 19.4 Å². The average molecular weight is 143 g/mol. The summed E-state index contributed by atoms with van der Waals surface area (Å²) < 4.78 is 0. The van der Waals surface area contributed by atoms with Crippen molar-refractivity contribution in [2.24, 2.45) is 0 Å². The Balaban J connectivity index is 2.45. The van der Waals surface area contributed by atoms with Crippen LogP contribution in [0.4, 0.5) is 0 Å². The summed E-state index contributed by atoms with van der Waals surface area (Å²) in [6.07, 6.45) is 3.17. The topological polar surface area (TPSA) is 32.3 Å². The van der Waals surface area contributed by atoms with Crippen molar-refractivity contribution in [1.29, 1.82) is 0 Å². The van der Waals surface area contributed by atoms with E-state index in [0.29, 0.717) is 6.04 Å². The smallest absolute Gasteiger partial charge is 0.0769 e. The molecule has 1 unspecified atom stereocenters. The minimum atomic E-state index is -0.490. The van der Waals surface area contributed by atoms with Gasteiger partial charge in [0.2, 0.25) is 0 Å². The second-order valence-electron chi connectivity index (χ2n) is 3.36. The second-order valence-corrected chi connectivity index (χ2v) is 3.36. The van der Waals surface area contributed by atoms with E-state index >= 15 is 0 Å². The minimum absolute atomic E-state index is 0.331. The van der Waals surface area contributed by atoms with E-state index in [2.05, 4.69) is 5.32 Å². The van der Waals surface area contributed by atoms with Crippen LogP contribution in [0.3, 0.4) is 0 Å². The Morgan fingerprint density at radius 3 is 2.80 bits per heavy atom. The van der Waals surface area contributed by atoms with Crippen LogP contribution in [0.2, 0.25) is 0 Å². The van der Waals surface area contributed by atoms with Crippen molar-refractivity contribution < 1.29 is 5.11 Å². The Labute approximate surface area is 62.6 Å². The van der Waals surface area contributed by atoms with E-state index in [4.69, 9.17) is 0 Å². The van der Waals surface area contributed by atoms with E-state index in [1.54, 1.807) is 0 Å². The number of aliphatic hydroxyl groups is 1. The summed E-state index contributed by atoms with van der Waals surface area (Å²) in [5.41, 5.74) is -0.490. The van der Waals surface area contributed by atoms with Gasteiger partial charge >= 0.3 is 0 Å². The van der Waals surface area contributed by atoms with Crippen LogP contribution in [0.25, 0.3) is 0 Å². The van der Waals surface area contributed by atoms with Crippen molar-refractivity contribution in [2.45, 2.75) is 44.8 Å². The highest BCUT2D eigenvalue weighted by molar-refractivity contribution is 4.89. The van der Waals surface area contributed by atoms with E-state index in [9.17, 15) is 5.11 Å². The maximum atomic E-state index is 9.76. The van der Waals surface area contributed by atoms with E-state index < -0.39 is 5.60 Å². The predicted octanol–water partition coefficient (Wildman–Crippen LogP) is 0.899. The summed E-state index contributed by atoms with van der Waals surface area (Å²) in [5, 5.41) is 13.1. The van der Waals surface area contributed by atoms with Crippen molar-refractivity contribution >= 4 is 0 Å². The lowest BCUT2D eigenvalue weighted by atomic mass is 9.93. The molecule has 2 atom stereocenters. The highest BCUT2D eigenvalue weighted by Gasteiger charge is 2.31. The van der Waals surface area contributed by atoms with Crippen molar-refractivity contribution in [3.05, 3.63) is 0 Å². The van der Waals surface area contributed by atoms with Crippen LogP contribution < -0.4 is 5.32 Å². The zero-order valence-corrected chi connectivity index (χ0v) is 6.85. The number of hydrogen-bond acceptors (Lipinski definition) is 2. The van der Waals surface area contributed by atoms with Crippen LogP contribution in [-0.4, -0.2) is 23.3 Å². The van der Waals surface area contributed by atoms with Crippen LogP contribution in [0, 0.1) is 0 Å². The Morgan fingerprint density at radius 1 is 1.70 bits per heavy atom. The minimum Gasteiger partial charge on any atom is -0.389 e. The van der Waals surface area contributed by atoms with E-state index in [-0.39, 0.29) is 0 Å². The first kappa shape index (κ1) is 8.02. The van der Waals surface area contributed by atoms with Gasteiger partial charge in [-0.3, -0.25) is 0 Å². The lowest BCUT2D eigenvalue weighted by Gasteiger charge is -2.28. The summed E-state index contributed by atoms with van der Waals surface area (Å²) in [6.45, 7) is 5.01. The molecular weight excluding hydrogens is 126 g/mol. The molecule has 2 heteroatoms. The first-order valence-electron chi connectivity index (χ1n) is 4.12. The van der Waals surface area contributed by atoms with Gasteiger partial charge in [0, 0.05) is 6.04 Å². The molecule has 0 radical (unpaired) electrons. The fourth-order valence-corrected chi connectivity index (χ4v) is 1.46. The number of hydrogen-bond donors (Lipinski definition) is 2. The van der Waals surface area contributed by atoms with Gasteiger partial charge < -0.3 is 10.4 Å². The third kappa shape index (κ3) is 1.50. The van der Waals surface area contributed by atoms with Gasteiger partial charge in [0.1, 0.15) is 0 Å². The van der Waals surface area contributed by atoms with Crippen molar-refractivity contribution in [1.82, 2.24) is 5.32 Å². The molecule has 1 aliphatic rings. The van der Waals surface area contributed by atoms with Crippen molar-refractivity contribution in [3.8, 4) is 0 Å². The fourth-order valence-electron chi connectivity index (χ4n) is 1.46. The van der Waals surface area contributed by atoms with Gasteiger partial charge in [-0.15, -0.1) is 0 Å². The number of nitrogens with one attached hydrogen (secondary N) is 1. The van der Waals surface area contributed by atoms with Gasteiger partial charge in [0.25, 0.3) is 0 Å². The first-order valence-corrected chi connectivity index (χ1v) is 4.12.